The van der Waals surface area contributed by atoms with Gasteiger partial charge in [0.1, 0.15) is 5.58 Å². The minimum absolute atomic E-state index is 0.0184. The summed E-state index contributed by atoms with van der Waals surface area (Å²) < 4.78 is 5.62. The molecule has 3 heteroatoms. The number of fused-ring (bicyclic) bond motifs is 1. The number of benzene rings is 1. The Bertz CT molecular complexity index is 569. The van der Waals surface area contributed by atoms with Gasteiger partial charge in [0.2, 0.25) is 0 Å². The maximum absolute atomic E-state index is 11.7. The van der Waals surface area contributed by atoms with Crippen molar-refractivity contribution in [3.05, 3.63) is 52.7 Å². The van der Waals surface area contributed by atoms with Crippen molar-refractivity contribution in [1.82, 2.24) is 0 Å². The molecule has 0 atom stereocenters. The quantitative estimate of drug-likeness (QED) is 0.599. The predicted octanol–water partition coefficient (Wildman–Crippen LogP) is 3.46. The Morgan fingerprint density at radius 1 is 1.38 bits per heavy atom. The van der Waals surface area contributed by atoms with Crippen LogP contribution in [0.2, 0.25) is 0 Å². The Morgan fingerprint density at radius 3 is 3.00 bits per heavy atom. The molecule has 0 aliphatic carbocycles. The first-order valence-electron chi connectivity index (χ1n) is 5.08. The molecule has 0 aliphatic heterocycles. The summed E-state index contributed by atoms with van der Waals surface area (Å²) in [5, 5.41) is 1.31. The van der Waals surface area contributed by atoms with Gasteiger partial charge in [-0.1, -0.05) is 36.0 Å². The summed E-state index contributed by atoms with van der Waals surface area (Å²) in [5.74, 6) is 0.817. The molecule has 1 aromatic heterocycles. The molecule has 0 fully saturated rings. The van der Waals surface area contributed by atoms with E-state index in [0.717, 1.165) is 5.75 Å². The molecule has 16 heavy (non-hydrogen) atoms. The summed E-state index contributed by atoms with van der Waals surface area (Å²) in [5.41, 5.74) is 0.669. The van der Waals surface area contributed by atoms with E-state index in [1.54, 1.807) is 12.1 Å². The molecule has 0 saturated heterocycles. The van der Waals surface area contributed by atoms with E-state index in [1.165, 1.54) is 11.8 Å². The summed E-state index contributed by atoms with van der Waals surface area (Å²) >= 11 is 1.52. The van der Waals surface area contributed by atoms with Crippen LogP contribution < -0.4 is 5.43 Å². The van der Waals surface area contributed by atoms with Crippen LogP contribution in [0.15, 0.2) is 56.8 Å². The van der Waals surface area contributed by atoms with Crippen molar-refractivity contribution in [2.75, 3.05) is 5.75 Å². The molecular weight excluding hydrogens is 220 g/mol. The van der Waals surface area contributed by atoms with Crippen molar-refractivity contribution in [2.45, 2.75) is 12.0 Å². The third-order valence-electron chi connectivity index (χ3n) is 2.17. The summed E-state index contributed by atoms with van der Waals surface area (Å²) in [4.78, 5) is 11.7. The van der Waals surface area contributed by atoms with Gasteiger partial charge >= 0.3 is 0 Å². The van der Waals surface area contributed by atoms with Crippen LogP contribution in [-0.4, -0.2) is 5.75 Å². The van der Waals surface area contributed by atoms with Crippen molar-refractivity contribution < 1.29 is 4.42 Å². The van der Waals surface area contributed by atoms with Crippen LogP contribution in [0.25, 0.3) is 11.0 Å². The Kier molecular flexibility index (Phi) is 3.47. The van der Waals surface area contributed by atoms with Gasteiger partial charge in [0.25, 0.3) is 0 Å². The van der Waals surface area contributed by atoms with Crippen LogP contribution in [-0.2, 0) is 0 Å². The topological polar surface area (TPSA) is 30.2 Å². The molecule has 0 amide bonds. The molecule has 0 saturated carbocycles. The second-order valence-corrected chi connectivity index (χ2v) is 4.33. The average Bonchev–Trinajstić information content (AvgIpc) is 2.30. The first-order valence-corrected chi connectivity index (χ1v) is 6.06. The molecule has 0 N–H and O–H groups in total. The molecule has 82 valence electrons. The van der Waals surface area contributed by atoms with Crippen LogP contribution in [0, 0.1) is 0 Å². The second kappa shape index (κ2) is 5.03. The molecule has 0 radical (unpaired) electrons. The van der Waals surface area contributed by atoms with Crippen molar-refractivity contribution in [2.24, 2.45) is 0 Å². The summed E-state index contributed by atoms with van der Waals surface area (Å²) in [6.45, 7) is 1.97. The Labute approximate surface area is 98.0 Å². The molecule has 0 aliphatic rings. The van der Waals surface area contributed by atoms with Crippen molar-refractivity contribution in [3.8, 4) is 0 Å². The minimum Gasteiger partial charge on any atom is -0.450 e. The van der Waals surface area contributed by atoms with Crippen LogP contribution in [0.5, 0.6) is 0 Å². The van der Waals surface area contributed by atoms with Crippen molar-refractivity contribution in [3.63, 3.8) is 0 Å². The molecule has 1 heterocycles. The van der Waals surface area contributed by atoms with Crippen LogP contribution >= 0.6 is 11.8 Å². The highest BCUT2D eigenvalue weighted by atomic mass is 32.2. The fraction of sp³-hybridized carbons (Fsp3) is 0.154. The van der Waals surface area contributed by atoms with E-state index >= 15 is 0 Å². The van der Waals surface area contributed by atoms with E-state index in [4.69, 9.17) is 4.42 Å². The lowest BCUT2D eigenvalue weighted by Crippen LogP contribution is -1.99. The SMILES string of the molecule is C/C=C/CSc1cc(=O)c2ccccc2o1. The lowest BCUT2D eigenvalue weighted by Gasteiger charge is -2.00. The van der Waals surface area contributed by atoms with E-state index in [0.29, 0.717) is 16.1 Å². The molecule has 0 unspecified atom stereocenters. The fourth-order valence-electron chi connectivity index (χ4n) is 1.38. The first kappa shape index (κ1) is 11.0. The van der Waals surface area contributed by atoms with Gasteiger partial charge < -0.3 is 4.42 Å². The van der Waals surface area contributed by atoms with E-state index in [1.807, 2.05) is 37.3 Å². The minimum atomic E-state index is 0.0184. The van der Waals surface area contributed by atoms with Gasteiger partial charge in [0, 0.05) is 11.8 Å². The number of hydrogen-bond acceptors (Lipinski definition) is 3. The second-order valence-electron chi connectivity index (χ2n) is 3.31. The third-order valence-corrected chi connectivity index (χ3v) is 3.01. The fourth-order valence-corrected chi connectivity index (χ4v) is 2.17. The number of allylic oxidation sites excluding steroid dienone is 1. The van der Waals surface area contributed by atoms with Gasteiger partial charge in [-0.3, -0.25) is 4.79 Å². The Balaban J connectivity index is 2.38. The van der Waals surface area contributed by atoms with Crippen LogP contribution in [0.3, 0.4) is 0 Å². The molecule has 1 aromatic carbocycles. The average molecular weight is 232 g/mol. The number of hydrogen-bond donors (Lipinski definition) is 0. The number of rotatable bonds is 3. The summed E-state index contributed by atoms with van der Waals surface area (Å²) in [6.07, 6.45) is 4.01. The lowest BCUT2D eigenvalue weighted by atomic mass is 10.2. The highest BCUT2D eigenvalue weighted by Crippen LogP contribution is 2.20. The van der Waals surface area contributed by atoms with Crippen LogP contribution in [0.1, 0.15) is 6.92 Å². The van der Waals surface area contributed by atoms with Crippen molar-refractivity contribution >= 4 is 22.7 Å². The zero-order valence-electron chi connectivity index (χ0n) is 8.97. The third kappa shape index (κ3) is 2.36. The van der Waals surface area contributed by atoms with Gasteiger partial charge in [0.15, 0.2) is 10.5 Å². The maximum Gasteiger partial charge on any atom is 0.193 e. The monoisotopic (exact) mass is 232 g/mol. The van der Waals surface area contributed by atoms with E-state index in [-0.39, 0.29) is 5.43 Å². The normalized spacial score (nSPS) is 11.3. The first-order chi connectivity index (χ1) is 7.81. The van der Waals surface area contributed by atoms with Gasteiger partial charge in [-0.05, 0) is 19.1 Å². The highest BCUT2D eigenvalue weighted by Gasteiger charge is 2.03. The van der Waals surface area contributed by atoms with Crippen molar-refractivity contribution in [1.29, 1.82) is 0 Å². The molecule has 2 nitrogen and oxygen atoms in total. The van der Waals surface area contributed by atoms with E-state index in [2.05, 4.69) is 0 Å². The van der Waals surface area contributed by atoms with Gasteiger partial charge in [-0.15, -0.1) is 0 Å². The maximum atomic E-state index is 11.7. The summed E-state index contributed by atoms with van der Waals surface area (Å²) in [6, 6.07) is 8.85. The largest absolute Gasteiger partial charge is 0.450 e. The summed E-state index contributed by atoms with van der Waals surface area (Å²) in [7, 11) is 0. The molecular formula is C13H12O2S. The highest BCUT2D eigenvalue weighted by molar-refractivity contribution is 7.99. The van der Waals surface area contributed by atoms with E-state index < -0.39 is 0 Å². The molecule has 2 rings (SSSR count). The standard InChI is InChI=1S/C13H12O2S/c1-2-3-8-16-13-9-11(14)10-6-4-5-7-12(10)15-13/h2-7,9H,8H2,1H3/b3-2+. The predicted molar refractivity (Wildman–Crippen MR) is 68.0 cm³/mol. The van der Waals surface area contributed by atoms with Crippen LogP contribution in [0.4, 0.5) is 0 Å². The Hall–Kier alpha value is -1.48. The zero-order valence-corrected chi connectivity index (χ0v) is 9.79. The molecule has 0 bridgehead atoms. The van der Waals surface area contributed by atoms with Gasteiger partial charge in [0.05, 0.1) is 5.39 Å². The lowest BCUT2D eigenvalue weighted by molar-refractivity contribution is 0.500. The number of thioether (sulfide) groups is 1. The zero-order chi connectivity index (χ0) is 11.4. The number of para-hydroxylation sites is 1. The van der Waals surface area contributed by atoms with Gasteiger partial charge in [-0.25, -0.2) is 0 Å². The smallest absolute Gasteiger partial charge is 0.193 e. The Morgan fingerprint density at radius 2 is 2.19 bits per heavy atom. The van der Waals surface area contributed by atoms with Gasteiger partial charge in [-0.2, -0.15) is 0 Å². The molecule has 2 aromatic rings. The van der Waals surface area contributed by atoms with E-state index in [9.17, 15) is 4.79 Å². The molecule has 0 spiro atoms.